The van der Waals surface area contributed by atoms with Crippen molar-refractivity contribution in [3.8, 4) is 5.75 Å². The number of carbonyl (C=O) groups is 2. The molecule has 0 aromatic heterocycles. The van der Waals surface area contributed by atoms with Gasteiger partial charge in [0, 0.05) is 6.42 Å². The van der Waals surface area contributed by atoms with E-state index in [9.17, 15) is 31.2 Å². The van der Waals surface area contributed by atoms with Gasteiger partial charge in [0.2, 0.25) is 16.0 Å². The highest BCUT2D eigenvalue weighted by atomic mass is 32.2. The van der Waals surface area contributed by atoms with Crippen LogP contribution in [-0.2, 0) is 47.1 Å². The quantitative estimate of drug-likeness (QED) is 0.0832. The molecule has 0 spiro atoms. The average molecular weight is 619 g/mol. The largest absolute Gasteiger partial charge is 0.495 e. The zero-order chi connectivity index (χ0) is 31.2. The Bertz CT molecular complexity index is 1280. The molecule has 2 rings (SSSR count). The Morgan fingerprint density at radius 3 is 2.17 bits per heavy atom. The maximum Gasteiger partial charge on any atom is 0.495 e. The normalized spacial score (nSPS) is 12.2. The number of alkyl halides is 3. The van der Waals surface area contributed by atoms with Crippen LogP contribution in [0.3, 0.4) is 0 Å². The Balaban J connectivity index is 2.11. The van der Waals surface area contributed by atoms with E-state index >= 15 is 0 Å². The summed E-state index contributed by atoms with van der Waals surface area (Å²) in [5.41, 5.74) is 11.6. The first-order chi connectivity index (χ1) is 19.8. The van der Waals surface area contributed by atoms with Crippen LogP contribution in [0.25, 0.3) is 0 Å². The van der Waals surface area contributed by atoms with Gasteiger partial charge in [-0.05, 0) is 59.8 Å². The monoisotopic (exact) mass is 618 g/mol. The highest BCUT2D eigenvalue weighted by Gasteiger charge is 2.43. The van der Waals surface area contributed by atoms with Crippen LogP contribution in [0, 0.1) is 0 Å². The van der Waals surface area contributed by atoms with E-state index in [-0.39, 0.29) is 30.5 Å². The van der Waals surface area contributed by atoms with Crippen molar-refractivity contribution in [1.29, 1.82) is 0 Å². The van der Waals surface area contributed by atoms with E-state index in [0.717, 1.165) is 31.2 Å². The third-order valence-corrected chi connectivity index (χ3v) is 6.98. The lowest BCUT2D eigenvalue weighted by Crippen LogP contribution is -2.44. The minimum Gasteiger partial charge on any atom is -0.493 e. The number of ether oxygens (including phenoxy) is 1. The molecule has 16 heteroatoms. The van der Waals surface area contributed by atoms with Crippen molar-refractivity contribution in [1.82, 2.24) is 4.72 Å². The number of nitrogens with two attached hydrogens (primary N) is 2. The number of halogens is 3. The molecule has 0 saturated carbocycles. The fourth-order valence-electron chi connectivity index (χ4n) is 3.42. The molecule has 232 valence electrons. The molecule has 0 amide bonds. The minimum atomic E-state index is -5.43. The topological polar surface area (TPSA) is 182 Å². The lowest BCUT2D eigenvalue weighted by atomic mass is 10.1. The number of benzene rings is 2. The molecule has 0 aliphatic heterocycles. The Kier molecular flexibility index (Phi) is 13.3. The fraction of sp³-hybridized carbons (Fsp3) is 0.423. The smallest absolute Gasteiger partial charge is 0.493 e. The van der Waals surface area contributed by atoms with E-state index in [0.29, 0.717) is 17.7 Å². The van der Waals surface area contributed by atoms with Crippen LogP contribution in [-0.4, -0.2) is 51.7 Å². The highest BCUT2D eigenvalue weighted by molar-refractivity contribution is 7.89. The molecule has 0 fully saturated rings. The molecule has 0 unspecified atom stereocenters. The standard InChI is InChI=1S/C26H33F3N4O8S/c1-2-3-4-6-18-9-13-21(14-10-18)42(36,37)33-22(23(34)40-41-24(35)26(27,28)29)17-19-7-11-20(12-8-19)38-15-5-16-39-32-25(30)31/h7-14,22,33H,2-6,15-17H2,1H3,(H4,30,31,32)/t22-/m0/s1. The summed E-state index contributed by atoms with van der Waals surface area (Å²) in [4.78, 5) is 35.8. The molecule has 12 nitrogen and oxygen atoms in total. The number of hydrogen-bond donors (Lipinski definition) is 3. The molecule has 1 atom stereocenters. The van der Waals surface area contributed by atoms with Crippen LogP contribution in [0.5, 0.6) is 5.75 Å². The van der Waals surface area contributed by atoms with Crippen molar-refractivity contribution >= 4 is 27.9 Å². The van der Waals surface area contributed by atoms with Gasteiger partial charge in [-0.1, -0.05) is 44.0 Å². The van der Waals surface area contributed by atoms with Crippen molar-refractivity contribution < 1.29 is 50.5 Å². The predicted molar refractivity (Wildman–Crippen MR) is 144 cm³/mol. The number of sulfonamides is 1. The fourth-order valence-corrected chi connectivity index (χ4v) is 4.60. The second-order valence-corrected chi connectivity index (χ2v) is 10.7. The van der Waals surface area contributed by atoms with Crippen LogP contribution >= 0.6 is 0 Å². The first kappa shape index (κ1) is 34.2. The number of nitrogens with zero attached hydrogens (tertiary/aromatic N) is 1. The van der Waals surface area contributed by atoms with E-state index in [2.05, 4.69) is 26.6 Å². The van der Waals surface area contributed by atoms with Crippen LogP contribution in [0.2, 0.25) is 0 Å². The summed E-state index contributed by atoms with van der Waals surface area (Å²) >= 11 is 0. The number of rotatable bonds is 16. The summed E-state index contributed by atoms with van der Waals surface area (Å²) in [6, 6.07) is 10.3. The van der Waals surface area contributed by atoms with Crippen LogP contribution in [0.4, 0.5) is 13.2 Å². The Hall–Kier alpha value is -4.05. The Morgan fingerprint density at radius 1 is 0.929 bits per heavy atom. The number of nitrogens with one attached hydrogen (secondary N) is 1. The Morgan fingerprint density at radius 2 is 1.57 bits per heavy atom. The zero-order valence-corrected chi connectivity index (χ0v) is 23.6. The molecule has 2 aromatic carbocycles. The molecule has 0 aliphatic rings. The molecule has 5 N–H and O–H groups in total. The first-order valence-corrected chi connectivity index (χ1v) is 14.3. The molecule has 42 heavy (non-hydrogen) atoms. The van der Waals surface area contributed by atoms with Gasteiger partial charge in [-0.15, -0.1) is 0 Å². The molecule has 0 heterocycles. The summed E-state index contributed by atoms with van der Waals surface area (Å²) in [5.74, 6) is -4.13. The maximum atomic E-state index is 13.0. The van der Waals surface area contributed by atoms with Crippen molar-refractivity contribution in [2.75, 3.05) is 13.2 Å². The molecule has 0 saturated heterocycles. The molecular formula is C26H33F3N4O8S. The number of carbonyl (C=O) groups excluding carboxylic acids is 2. The van der Waals surface area contributed by atoms with Gasteiger partial charge in [-0.25, -0.2) is 27.8 Å². The third-order valence-electron chi connectivity index (χ3n) is 5.50. The van der Waals surface area contributed by atoms with E-state index in [1.165, 1.54) is 36.4 Å². The second-order valence-electron chi connectivity index (χ2n) is 8.95. The minimum absolute atomic E-state index is 0.181. The Labute approximate surface area is 241 Å². The van der Waals surface area contributed by atoms with Gasteiger partial charge < -0.3 is 21.0 Å². The van der Waals surface area contributed by atoms with Crippen LogP contribution < -0.4 is 20.9 Å². The van der Waals surface area contributed by atoms with E-state index in [1.807, 2.05) is 0 Å². The highest BCUT2D eigenvalue weighted by Crippen LogP contribution is 2.19. The molecule has 2 aromatic rings. The van der Waals surface area contributed by atoms with Crippen LogP contribution in [0.1, 0.15) is 43.7 Å². The summed E-state index contributed by atoms with van der Waals surface area (Å²) in [5, 5.41) is 3.37. The lowest BCUT2D eigenvalue weighted by molar-refractivity contribution is -0.286. The number of aryl methyl sites for hydroxylation is 1. The molecule has 0 aliphatic carbocycles. The number of unbranched alkanes of at least 4 members (excludes halogenated alkanes) is 2. The van der Waals surface area contributed by atoms with Crippen molar-refractivity contribution in [3.63, 3.8) is 0 Å². The van der Waals surface area contributed by atoms with E-state index in [4.69, 9.17) is 21.0 Å². The predicted octanol–water partition coefficient (Wildman–Crippen LogP) is 2.85. The zero-order valence-electron chi connectivity index (χ0n) is 22.8. The number of oxime groups is 1. The summed E-state index contributed by atoms with van der Waals surface area (Å²) in [7, 11) is -4.34. The van der Waals surface area contributed by atoms with Gasteiger partial charge >= 0.3 is 18.1 Å². The first-order valence-electron chi connectivity index (χ1n) is 12.8. The van der Waals surface area contributed by atoms with Gasteiger partial charge in [0.15, 0.2) is 0 Å². The van der Waals surface area contributed by atoms with Gasteiger partial charge in [0.25, 0.3) is 0 Å². The summed E-state index contributed by atoms with van der Waals surface area (Å²) in [6.45, 7) is 2.50. The number of hydrogen-bond acceptors (Lipinski definition) is 9. The van der Waals surface area contributed by atoms with E-state index < -0.39 is 34.2 Å². The maximum absolute atomic E-state index is 13.0. The molecule has 0 bridgehead atoms. The molecular weight excluding hydrogens is 585 g/mol. The SMILES string of the molecule is CCCCCc1ccc(S(=O)(=O)N[C@@H](Cc2ccc(OCCCON=C(N)N)cc2)C(=O)OOC(=O)C(F)(F)F)cc1. The second kappa shape index (κ2) is 16.4. The van der Waals surface area contributed by atoms with Gasteiger partial charge in [0.05, 0.1) is 11.5 Å². The van der Waals surface area contributed by atoms with E-state index in [1.54, 1.807) is 12.1 Å². The summed E-state index contributed by atoms with van der Waals surface area (Å²) in [6.07, 6.45) is -1.60. The van der Waals surface area contributed by atoms with Crippen molar-refractivity contribution in [3.05, 3.63) is 59.7 Å². The third kappa shape index (κ3) is 12.2. The van der Waals surface area contributed by atoms with Gasteiger partial charge in [-0.3, -0.25) is 0 Å². The average Bonchev–Trinajstić information content (AvgIpc) is 2.93. The summed E-state index contributed by atoms with van der Waals surface area (Å²) < 4.78 is 71.2. The van der Waals surface area contributed by atoms with Gasteiger partial charge in [0.1, 0.15) is 18.4 Å². The number of guanidine groups is 1. The van der Waals surface area contributed by atoms with Crippen molar-refractivity contribution in [2.45, 2.75) is 62.6 Å². The van der Waals surface area contributed by atoms with Crippen LogP contribution in [0.15, 0.2) is 58.6 Å². The lowest BCUT2D eigenvalue weighted by Gasteiger charge is -2.17. The van der Waals surface area contributed by atoms with Gasteiger partial charge in [-0.2, -0.15) is 17.9 Å². The van der Waals surface area contributed by atoms with Crippen molar-refractivity contribution in [2.24, 2.45) is 16.6 Å². The molecule has 0 radical (unpaired) electrons.